The van der Waals surface area contributed by atoms with E-state index in [0.29, 0.717) is 25.0 Å². The second-order valence-electron chi connectivity index (χ2n) is 8.73. The molecule has 0 saturated heterocycles. The molecule has 2 rings (SSSR count). The maximum absolute atomic E-state index is 13.4. The lowest BCUT2D eigenvalue weighted by atomic mass is 9.81. The zero-order valence-electron chi connectivity index (χ0n) is 19.3. The summed E-state index contributed by atoms with van der Waals surface area (Å²) in [6, 6.07) is 17.7. The Balaban J connectivity index is 2.10. The van der Waals surface area contributed by atoms with Crippen LogP contribution in [0.5, 0.6) is 5.75 Å². The van der Waals surface area contributed by atoms with Gasteiger partial charge in [0.05, 0.1) is 18.2 Å². The van der Waals surface area contributed by atoms with Crippen LogP contribution in [0.4, 0.5) is 0 Å². The van der Waals surface area contributed by atoms with Crippen LogP contribution in [0.3, 0.4) is 0 Å². The number of hydrogen-bond donors (Lipinski definition) is 1. The number of Topliss-reactive ketones (excluding diaryl/α,β-unsaturated/α-hetero) is 1. The van der Waals surface area contributed by atoms with Crippen molar-refractivity contribution in [3.05, 3.63) is 65.7 Å². The molecular formula is C26H37NO3. The van der Waals surface area contributed by atoms with E-state index in [9.17, 15) is 4.79 Å². The molecular weight excluding hydrogens is 374 g/mol. The molecule has 0 aliphatic heterocycles. The van der Waals surface area contributed by atoms with E-state index < -0.39 is 5.54 Å². The maximum Gasteiger partial charge on any atom is 0.183 e. The Labute approximate surface area is 182 Å². The van der Waals surface area contributed by atoms with E-state index in [2.05, 4.69) is 38.2 Å². The summed E-state index contributed by atoms with van der Waals surface area (Å²) in [5, 5.41) is 3.30. The van der Waals surface area contributed by atoms with Gasteiger partial charge >= 0.3 is 0 Å². The SMILES string of the molecule is CCC(Cc1ccccc1)(NC)C(=O)c1ccc(OC(C)(C)CCOC(C)C)cc1. The molecule has 1 N–H and O–H groups in total. The molecule has 30 heavy (non-hydrogen) atoms. The number of carbonyl (C=O) groups is 1. The van der Waals surface area contributed by atoms with E-state index in [1.165, 1.54) is 0 Å². The Bertz CT molecular complexity index is 778. The van der Waals surface area contributed by atoms with Crippen molar-refractivity contribution in [2.24, 2.45) is 0 Å². The fourth-order valence-electron chi connectivity index (χ4n) is 3.55. The van der Waals surface area contributed by atoms with E-state index in [4.69, 9.17) is 9.47 Å². The first-order chi connectivity index (χ1) is 14.2. The average molecular weight is 412 g/mol. The Morgan fingerprint density at radius 3 is 2.20 bits per heavy atom. The Kier molecular flexibility index (Phi) is 8.63. The summed E-state index contributed by atoms with van der Waals surface area (Å²) in [7, 11) is 1.86. The largest absolute Gasteiger partial charge is 0.488 e. The highest BCUT2D eigenvalue weighted by Crippen LogP contribution is 2.26. The molecule has 164 valence electrons. The van der Waals surface area contributed by atoms with Gasteiger partial charge in [0.25, 0.3) is 0 Å². The molecule has 0 amide bonds. The zero-order valence-corrected chi connectivity index (χ0v) is 19.3. The second kappa shape index (κ2) is 10.7. The molecule has 4 heteroatoms. The molecule has 1 unspecified atom stereocenters. The highest BCUT2D eigenvalue weighted by Gasteiger charge is 2.35. The number of carbonyl (C=O) groups excluding carboxylic acids is 1. The lowest BCUT2D eigenvalue weighted by Crippen LogP contribution is -2.51. The van der Waals surface area contributed by atoms with Crippen LogP contribution in [-0.2, 0) is 11.2 Å². The molecule has 1 atom stereocenters. The Morgan fingerprint density at radius 1 is 1.03 bits per heavy atom. The Hall–Kier alpha value is -2.17. The van der Waals surface area contributed by atoms with Gasteiger partial charge in [-0.2, -0.15) is 0 Å². The standard InChI is InChI=1S/C26H37NO3/c1-7-26(27-6,19-21-11-9-8-10-12-21)24(28)22-13-15-23(16-14-22)30-25(4,5)17-18-29-20(2)3/h8-16,20,27H,7,17-19H2,1-6H3. The zero-order chi connectivity index (χ0) is 22.2. The minimum absolute atomic E-state index is 0.104. The van der Waals surface area contributed by atoms with Crippen molar-refractivity contribution in [1.82, 2.24) is 5.32 Å². The molecule has 0 heterocycles. The summed E-state index contributed by atoms with van der Waals surface area (Å²) in [4.78, 5) is 13.4. The molecule has 2 aromatic carbocycles. The number of ether oxygens (including phenoxy) is 2. The number of likely N-dealkylation sites (N-methyl/N-ethyl adjacent to an activating group) is 1. The Morgan fingerprint density at radius 2 is 1.67 bits per heavy atom. The van der Waals surface area contributed by atoms with Crippen LogP contribution in [0.2, 0.25) is 0 Å². The third-order valence-corrected chi connectivity index (χ3v) is 5.53. The van der Waals surface area contributed by atoms with Crippen molar-refractivity contribution in [2.75, 3.05) is 13.7 Å². The second-order valence-corrected chi connectivity index (χ2v) is 8.73. The molecule has 4 nitrogen and oxygen atoms in total. The lowest BCUT2D eigenvalue weighted by molar-refractivity contribution is 0.0231. The van der Waals surface area contributed by atoms with Crippen molar-refractivity contribution in [3.63, 3.8) is 0 Å². The van der Waals surface area contributed by atoms with Crippen LogP contribution in [0.1, 0.15) is 63.4 Å². The number of nitrogens with one attached hydrogen (secondary N) is 1. The monoisotopic (exact) mass is 411 g/mol. The van der Waals surface area contributed by atoms with Crippen LogP contribution in [0.25, 0.3) is 0 Å². The average Bonchev–Trinajstić information content (AvgIpc) is 2.72. The van der Waals surface area contributed by atoms with Gasteiger partial charge in [0.1, 0.15) is 11.4 Å². The number of hydrogen-bond acceptors (Lipinski definition) is 4. The van der Waals surface area contributed by atoms with Gasteiger partial charge in [-0.15, -0.1) is 0 Å². The highest BCUT2D eigenvalue weighted by atomic mass is 16.5. The first-order valence-electron chi connectivity index (χ1n) is 10.9. The van der Waals surface area contributed by atoms with Gasteiger partial charge in [0.15, 0.2) is 5.78 Å². The molecule has 0 aliphatic carbocycles. The van der Waals surface area contributed by atoms with Crippen LogP contribution < -0.4 is 10.1 Å². The first kappa shape index (κ1) is 24.1. The highest BCUT2D eigenvalue weighted by molar-refractivity contribution is 6.03. The summed E-state index contributed by atoms with van der Waals surface area (Å²) < 4.78 is 11.8. The molecule has 0 spiro atoms. The van der Waals surface area contributed by atoms with E-state index in [0.717, 1.165) is 17.7 Å². The normalized spacial score (nSPS) is 13.8. The molecule has 0 aromatic heterocycles. The quantitative estimate of drug-likeness (QED) is 0.472. The summed E-state index contributed by atoms with van der Waals surface area (Å²) in [6.45, 7) is 10.9. The van der Waals surface area contributed by atoms with Gasteiger partial charge in [-0.1, -0.05) is 37.3 Å². The van der Waals surface area contributed by atoms with Crippen molar-refractivity contribution in [3.8, 4) is 5.75 Å². The predicted molar refractivity (Wildman–Crippen MR) is 123 cm³/mol. The van der Waals surface area contributed by atoms with Crippen LogP contribution in [0, 0.1) is 0 Å². The summed E-state index contributed by atoms with van der Waals surface area (Å²) >= 11 is 0. The molecule has 0 radical (unpaired) electrons. The minimum Gasteiger partial charge on any atom is -0.488 e. The van der Waals surface area contributed by atoms with Gasteiger partial charge in [-0.05, 0) is 77.4 Å². The topological polar surface area (TPSA) is 47.6 Å². The third kappa shape index (κ3) is 6.68. The van der Waals surface area contributed by atoms with E-state index in [1.807, 2.05) is 63.4 Å². The first-order valence-corrected chi connectivity index (χ1v) is 10.9. The fraction of sp³-hybridized carbons (Fsp3) is 0.500. The molecule has 0 bridgehead atoms. The number of benzene rings is 2. The molecule has 0 fully saturated rings. The van der Waals surface area contributed by atoms with Crippen molar-refractivity contribution < 1.29 is 14.3 Å². The van der Waals surface area contributed by atoms with Gasteiger partial charge in [0.2, 0.25) is 0 Å². The van der Waals surface area contributed by atoms with E-state index in [-0.39, 0.29) is 17.5 Å². The van der Waals surface area contributed by atoms with Crippen LogP contribution in [0.15, 0.2) is 54.6 Å². The summed E-state index contributed by atoms with van der Waals surface area (Å²) in [6.07, 6.45) is 2.37. The molecule has 2 aromatic rings. The van der Waals surface area contributed by atoms with Gasteiger partial charge in [-0.3, -0.25) is 4.79 Å². The van der Waals surface area contributed by atoms with Crippen LogP contribution >= 0.6 is 0 Å². The number of rotatable bonds is 12. The lowest BCUT2D eigenvalue weighted by Gasteiger charge is -2.31. The van der Waals surface area contributed by atoms with Gasteiger partial charge in [-0.25, -0.2) is 0 Å². The summed E-state index contributed by atoms with van der Waals surface area (Å²) in [5.74, 6) is 0.864. The fourth-order valence-corrected chi connectivity index (χ4v) is 3.55. The molecule has 0 aliphatic rings. The van der Waals surface area contributed by atoms with Gasteiger partial charge in [0, 0.05) is 12.0 Å². The van der Waals surface area contributed by atoms with E-state index in [1.54, 1.807) is 0 Å². The van der Waals surface area contributed by atoms with Crippen molar-refractivity contribution in [2.45, 2.75) is 71.1 Å². The maximum atomic E-state index is 13.4. The summed E-state index contributed by atoms with van der Waals surface area (Å²) in [5.41, 5.74) is 0.867. The third-order valence-electron chi connectivity index (χ3n) is 5.53. The van der Waals surface area contributed by atoms with Gasteiger partial charge < -0.3 is 14.8 Å². The number of ketones is 1. The van der Waals surface area contributed by atoms with Crippen molar-refractivity contribution in [1.29, 1.82) is 0 Å². The van der Waals surface area contributed by atoms with E-state index >= 15 is 0 Å². The van der Waals surface area contributed by atoms with Crippen LogP contribution in [-0.4, -0.2) is 36.7 Å². The molecule has 0 saturated carbocycles. The smallest absolute Gasteiger partial charge is 0.183 e. The predicted octanol–water partition coefficient (Wildman–Crippen LogP) is 5.45. The van der Waals surface area contributed by atoms with Crippen molar-refractivity contribution >= 4 is 5.78 Å². The minimum atomic E-state index is -0.628.